The van der Waals surface area contributed by atoms with Crippen LogP contribution in [-0.4, -0.2) is 47.7 Å². The van der Waals surface area contributed by atoms with Crippen LogP contribution >= 0.6 is 0 Å². The van der Waals surface area contributed by atoms with Gasteiger partial charge in [-0.3, -0.25) is 13.9 Å². The highest BCUT2D eigenvalue weighted by Crippen LogP contribution is 2.35. The number of nitrogens with zero attached hydrogens (tertiary/aromatic N) is 4. The summed E-state index contributed by atoms with van der Waals surface area (Å²) >= 11 is 0. The molecule has 3 heterocycles. The lowest BCUT2D eigenvalue weighted by Gasteiger charge is -2.39. The smallest absolute Gasteiger partial charge is 0.321 e. The first-order chi connectivity index (χ1) is 12.8. The topological polar surface area (TPSA) is 80.1 Å². The van der Waals surface area contributed by atoms with E-state index in [0.717, 1.165) is 29.2 Å². The maximum Gasteiger partial charge on any atom is 0.321 e. The summed E-state index contributed by atoms with van der Waals surface area (Å²) in [5.41, 5.74) is 1.62. The standard InChI is InChI=1S/C19H27N5O2S/c1-14-13-17(23(4)22-14)27(26)19(2,3)15-7-11-24(12-8-15)18(25)21-16-5-9-20-10-6-16/h5-6,9-10,13,15H,7-8,11-12H2,1-4H3,(H,20,21,25). The zero-order chi connectivity index (χ0) is 19.6. The number of carbonyl (C=O) groups is 1. The Bertz CT molecular complexity index is 826. The first kappa shape index (κ1) is 19.5. The van der Waals surface area contributed by atoms with Crippen molar-refractivity contribution in [2.24, 2.45) is 13.0 Å². The van der Waals surface area contributed by atoms with Crippen LogP contribution in [0.25, 0.3) is 0 Å². The summed E-state index contributed by atoms with van der Waals surface area (Å²) in [6, 6.07) is 5.34. The Hall–Kier alpha value is -2.22. The van der Waals surface area contributed by atoms with E-state index in [4.69, 9.17) is 0 Å². The van der Waals surface area contributed by atoms with E-state index in [0.29, 0.717) is 13.1 Å². The number of aryl methyl sites for hydroxylation is 2. The lowest BCUT2D eigenvalue weighted by molar-refractivity contribution is 0.172. The van der Waals surface area contributed by atoms with Gasteiger partial charge in [-0.05, 0) is 57.7 Å². The number of rotatable bonds is 4. The van der Waals surface area contributed by atoms with Crippen LogP contribution in [0.1, 0.15) is 32.4 Å². The van der Waals surface area contributed by atoms with Gasteiger partial charge in [0.05, 0.1) is 16.5 Å². The Labute approximate surface area is 162 Å². The van der Waals surface area contributed by atoms with Gasteiger partial charge in [0, 0.05) is 43.0 Å². The van der Waals surface area contributed by atoms with Crippen molar-refractivity contribution in [2.75, 3.05) is 18.4 Å². The zero-order valence-electron chi connectivity index (χ0n) is 16.3. The molecule has 2 aromatic heterocycles. The van der Waals surface area contributed by atoms with Gasteiger partial charge in [-0.1, -0.05) is 0 Å². The normalized spacial score (nSPS) is 17.0. The molecule has 2 aromatic rings. The fourth-order valence-electron chi connectivity index (χ4n) is 3.60. The molecule has 2 amide bonds. The number of carbonyl (C=O) groups excluding carboxylic acids is 1. The van der Waals surface area contributed by atoms with Crippen LogP contribution in [0.15, 0.2) is 35.6 Å². The van der Waals surface area contributed by atoms with Crippen molar-refractivity contribution in [1.29, 1.82) is 0 Å². The average molecular weight is 390 g/mol. The van der Waals surface area contributed by atoms with Gasteiger partial charge in [0.2, 0.25) is 0 Å². The quantitative estimate of drug-likeness (QED) is 0.872. The van der Waals surface area contributed by atoms with Crippen LogP contribution in [-0.2, 0) is 17.8 Å². The third-order valence-electron chi connectivity index (χ3n) is 5.32. The van der Waals surface area contributed by atoms with E-state index in [9.17, 15) is 9.00 Å². The first-order valence-corrected chi connectivity index (χ1v) is 10.3. The molecule has 27 heavy (non-hydrogen) atoms. The van der Waals surface area contributed by atoms with Crippen LogP contribution in [0, 0.1) is 12.8 Å². The van der Waals surface area contributed by atoms with E-state index in [1.165, 1.54) is 0 Å². The van der Waals surface area contributed by atoms with Crippen molar-refractivity contribution >= 4 is 22.5 Å². The number of piperidine rings is 1. The highest BCUT2D eigenvalue weighted by molar-refractivity contribution is 7.86. The van der Waals surface area contributed by atoms with E-state index in [2.05, 4.69) is 29.2 Å². The molecule has 1 saturated heterocycles. The number of anilines is 1. The second-order valence-electron chi connectivity index (χ2n) is 7.55. The predicted octanol–water partition coefficient (Wildman–Crippen LogP) is 2.95. The predicted molar refractivity (Wildman–Crippen MR) is 106 cm³/mol. The molecule has 0 radical (unpaired) electrons. The van der Waals surface area contributed by atoms with Gasteiger partial charge in [-0.2, -0.15) is 5.10 Å². The summed E-state index contributed by atoms with van der Waals surface area (Å²) in [5, 5.41) is 7.98. The summed E-state index contributed by atoms with van der Waals surface area (Å²) in [5.74, 6) is 0.276. The van der Waals surface area contributed by atoms with Gasteiger partial charge in [0.25, 0.3) is 0 Å². The van der Waals surface area contributed by atoms with E-state index in [1.807, 2.05) is 24.9 Å². The number of pyridine rings is 1. The van der Waals surface area contributed by atoms with Crippen LogP contribution in [0.4, 0.5) is 10.5 Å². The molecular formula is C19H27N5O2S. The Morgan fingerprint density at radius 1 is 1.26 bits per heavy atom. The molecule has 0 aliphatic carbocycles. The van der Waals surface area contributed by atoms with Crippen molar-refractivity contribution in [2.45, 2.75) is 43.4 Å². The number of aromatic nitrogens is 3. The van der Waals surface area contributed by atoms with E-state index in [1.54, 1.807) is 29.2 Å². The Morgan fingerprint density at radius 2 is 1.89 bits per heavy atom. The van der Waals surface area contributed by atoms with Crippen molar-refractivity contribution in [3.8, 4) is 0 Å². The van der Waals surface area contributed by atoms with Gasteiger partial charge in [-0.25, -0.2) is 4.79 Å². The number of nitrogens with one attached hydrogen (secondary N) is 1. The van der Waals surface area contributed by atoms with Gasteiger partial charge in [-0.15, -0.1) is 0 Å². The summed E-state index contributed by atoms with van der Waals surface area (Å²) in [6.07, 6.45) is 4.97. The van der Waals surface area contributed by atoms with E-state index >= 15 is 0 Å². The Kier molecular flexibility index (Phi) is 5.64. The third-order valence-corrected chi connectivity index (χ3v) is 7.37. The minimum atomic E-state index is -1.16. The molecule has 1 N–H and O–H groups in total. The van der Waals surface area contributed by atoms with Crippen molar-refractivity contribution in [3.05, 3.63) is 36.3 Å². The number of likely N-dealkylation sites (tertiary alicyclic amines) is 1. The van der Waals surface area contributed by atoms with Gasteiger partial charge < -0.3 is 10.2 Å². The fraction of sp³-hybridized carbons (Fsp3) is 0.526. The molecule has 1 fully saturated rings. The molecule has 3 rings (SSSR count). The minimum Gasteiger partial charge on any atom is -0.325 e. The average Bonchev–Trinajstić information content (AvgIpc) is 3.00. The highest BCUT2D eigenvalue weighted by Gasteiger charge is 2.39. The zero-order valence-corrected chi connectivity index (χ0v) is 17.1. The third kappa shape index (κ3) is 4.21. The first-order valence-electron chi connectivity index (χ1n) is 9.17. The Balaban J connectivity index is 1.61. The monoisotopic (exact) mass is 389 g/mol. The molecular weight excluding hydrogens is 362 g/mol. The van der Waals surface area contributed by atoms with Crippen molar-refractivity contribution in [1.82, 2.24) is 19.7 Å². The molecule has 146 valence electrons. The van der Waals surface area contributed by atoms with Crippen LogP contribution in [0.3, 0.4) is 0 Å². The van der Waals surface area contributed by atoms with Gasteiger partial charge >= 0.3 is 6.03 Å². The van der Waals surface area contributed by atoms with Gasteiger partial charge in [0.1, 0.15) is 5.03 Å². The molecule has 0 spiro atoms. The minimum absolute atomic E-state index is 0.0964. The van der Waals surface area contributed by atoms with Crippen LogP contribution in [0.2, 0.25) is 0 Å². The summed E-state index contributed by atoms with van der Waals surface area (Å²) in [4.78, 5) is 18.2. The number of amides is 2. The summed E-state index contributed by atoms with van der Waals surface area (Å²) in [7, 11) is 0.675. The number of hydrogen-bond acceptors (Lipinski definition) is 4. The van der Waals surface area contributed by atoms with E-state index < -0.39 is 10.8 Å². The number of urea groups is 1. The molecule has 1 aliphatic rings. The lowest BCUT2D eigenvalue weighted by atomic mass is 9.86. The molecule has 1 atom stereocenters. The molecule has 0 saturated carbocycles. The van der Waals surface area contributed by atoms with Crippen molar-refractivity contribution in [3.63, 3.8) is 0 Å². The largest absolute Gasteiger partial charge is 0.325 e. The molecule has 1 unspecified atom stereocenters. The Morgan fingerprint density at radius 3 is 2.44 bits per heavy atom. The maximum absolute atomic E-state index is 13.2. The second-order valence-corrected chi connectivity index (χ2v) is 9.56. The summed E-state index contributed by atoms with van der Waals surface area (Å²) < 4.78 is 14.5. The van der Waals surface area contributed by atoms with E-state index in [-0.39, 0.29) is 16.7 Å². The summed E-state index contributed by atoms with van der Waals surface area (Å²) in [6.45, 7) is 7.35. The van der Waals surface area contributed by atoms with Crippen LogP contribution < -0.4 is 5.32 Å². The second kappa shape index (κ2) is 7.80. The van der Waals surface area contributed by atoms with Gasteiger partial charge in [0.15, 0.2) is 0 Å². The van der Waals surface area contributed by atoms with Crippen LogP contribution in [0.5, 0.6) is 0 Å². The lowest BCUT2D eigenvalue weighted by Crippen LogP contribution is -2.47. The molecule has 0 bridgehead atoms. The molecule has 7 nitrogen and oxygen atoms in total. The maximum atomic E-state index is 13.2. The van der Waals surface area contributed by atoms with Crippen molar-refractivity contribution < 1.29 is 9.00 Å². The highest BCUT2D eigenvalue weighted by atomic mass is 32.2. The molecule has 1 aliphatic heterocycles. The molecule has 0 aromatic carbocycles. The fourth-order valence-corrected chi connectivity index (χ4v) is 5.23. The number of hydrogen-bond donors (Lipinski definition) is 1. The SMILES string of the molecule is Cc1cc(S(=O)C(C)(C)C2CCN(C(=O)Nc3ccncc3)CC2)n(C)n1. The molecule has 8 heteroatoms.